The minimum atomic E-state index is -0.453. The fourth-order valence-corrected chi connectivity index (χ4v) is 2.09. The summed E-state index contributed by atoms with van der Waals surface area (Å²) in [4.78, 5) is 28.3. The summed E-state index contributed by atoms with van der Waals surface area (Å²) >= 11 is 0. The van der Waals surface area contributed by atoms with Crippen molar-refractivity contribution in [2.45, 2.75) is 13.5 Å². The largest absolute Gasteiger partial charge is 0.366 e. The van der Waals surface area contributed by atoms with Crippen LogP contribution < -0.4 is 11.1 Å². The third kappa shape index (κ3) is 3.70. The number of nitrogens with one attached hydrogen (secondary N) is 1. The topological polar surface area (TPSA) is 107 Å². The molecule has 0 aliphatic heterocycles. The van der Waals surface area contributed by atoms with E-state index in [9.17, 15) is 4.79 Å². The molecule has 0 bridgehead atoms. The predicted molar refractivity (Wildman–Crippen MR) is 90.1 cm³/mol. The van der Waals surface area contributed by atoms with E-state index in [1.165, 1.54) is 0 Å². The van der Waals surface area contributed by atoms with E-state index < -0.39 is 5.91 Å². The molecule has 0 aliphatic rings. The molecule has 0 spiro atoms. The van der Waals surface area contributed by atoms with Crippen molar-refractivity contribution in [3.8, 4) is 11.3 Å². The summed E-state index contributed by atoms with van der Waals surface area (Å²) in [6.45, 7) is 2.37. The van der Waals surface area contributed by atoms with Gasteiger partial charge < -0.3 is 11.1 Å². The van der Waals surface area contributed by atoms with Crippen LogP contribution in [0.4, 0.5) is 5.95 Å². The molecule has 120 valence electrons. The van der Waals surface area contributed by atoms with Crippen LogP contribution in [0.25, 0.3) is 11.3 Å². The number of hydrogen-bond acceptors (Lipinski definition) is 6. The number of primary amides is 1. The van der Waals surface area contributed by atoms with Crippen LogP contribution in [0.15, 0.2) is 48.9 Å². The van der Waals surface area contributed by atoms with Crippen molar-refractivity contribution < 1.29 is 4.79 Å². The summed E-state index contributed by atoms with van der Waals surface area (Å²) in [6.07, 6.45) is 5.11. The number of benzene rings is 1. The van der Waals surface area contributed by atoms with Crippen LogP contribution >= 0.6 is 0 Å². The summed E-state index contributed by atoms with van der Waals surface area (Å²) in [5.41, 5.74) is 9.01. The summed E-state index contributed by atoms with van der Waals surface area (Å²) in [5, 5.41) is 3.12. The van der Waals surface area contributed by atoms with E-state index in [-0.39, 0.29) is 0 Å². The Kier molecular flexibility index (Phi) is 4.42. The highest BCUT2D eigenvalue weighted by molar-refractivity contribution is 5.93. The molecular weight excluding hydrogens is 304 g/mol. The minimum Gasteiger partial charge on any atom is -0.366 e. The Morgan fingerprint density at radius 1 is 1.08 bits per heavy atom. The summed E-state index contributed by atoms with van der Waals surface area (Å²) < 4.78 is 0. The smallest absolute Gasteiger partial charge is 0.248 e. The molecule has 0 saturated heterocycles. The minimum absolute atomic E-state index is 0.453. The van der Waals surface area contributed by atoms with E-state index in [0.29, 0.717) is 18.1 Å². The molecule has 24 heavy (non-hydrogen) atoms. The molecule has 7 heteroatoms. The van der Waals surface area contributed by atoms with E-state index >= 15 is 0 Å². The number of amides is 1. The normalized spacial score (nSPS) is 10.4. The van der Waals surface area contributed by atoms with Crippen molar-refractivity contribution in [3.05, 3.63) is 65.9 Å². The van der Waals surface area contributed by atoms with Crippen LogP contribution in [0.1, 0.15) is 21.7 Å². The van der Waals surface area contributed by atoms with Crippen LogP contribution in [0, 0.1) is 6.92 Å². The lowest BCUT2D eigenvalue weighted by molar-refractivity contribution is 0.100. The number of rotatable bonds is 5. The first kappa shape index (κ1) is 15.5. The van der Waals surface area contributed by atoms with Crippen LogP contribution in [-0.2, 0) is 6.54 Å². The highest BCUT2D eigenvalue weighted by Crippen LogP contribution is 2.18. The predicted octanol–water partition coefficient (Wildman–Crippen LogP) is 1.95. The number of nitrogens with two attached hydrogens (primary N) is 1. The maximum absolute atomic E-state index is 11.1. The number of nitrogens with zero attached hydrogens (tertiary/aromatic N) is 4. The Balaban J connectivity index is 1.73. The SMILES string of the molecule is Cc1cnc(CNc2nccc(-c3ccc(C(N)=O)cc3)n2)cn1. The van der Waals surface area contributed by atoms with E-state index in [1.807, 2.05) is 6.92 Å². The Bertz CT molecular complexity index is 846. The van der Waals surface area contributed by atoms with Crippen molar-refractivity contribution >= 4 is 11.9 Å². The number of aromatic nitrogens is 4. The van der Waals surface area contributed by atoms with Gasteiger partial charge in [0.2, 0.25) is 11.9 Å². The van der Waals surface area contributed by atoms with Gasteiger partial charge in [-0.25, -0.2) is 9.97 Å². The molecule has 0 aliphatic carbocycles. The maximum Gasteiger partial charge on any atom is 0.248 e. The fourth-order valence-electron chi connectivity index (χ4n) is 2.09. The summed E-state index contributed by atoms with van der Waals surface area (Å²) in [5.74, 6) is 0.0413. The molecule has 3 N–H and O–H groups in total. The molecule has 1 amide bonds. The van der Waals surface area contributed by atoms with Crippen molar-refractivity contribution in [3.63, 3.8) is 0 Å². The zero-order valence-corrected chi connectivity index (χ0v) is 13.1. The van der Waals surface area contributed by atoms with Gasteiger partial charge in [0.15, 0.2) is 0 Å². The van der Waals surface area contributed by atoms with E-state index in [4.69, 9.17) is 5.73 Å². The van der Waals surface area contributed by atoms with Gasteiger partial charge in [-0.2, -0.15) is 0 Å². The molecule has 7 nitrogen and oxygen atoms in total. The van der Waals surface area contributed by atoms with Crippen LogP contribution in [0.2, 0.25) is 0 Å². The Morgan fingerprint density at radius 3 is 2.54 bits per heavy atom. The highest BCUT2D eigenvalue weighted by atomic mass is 16.1. The van der Waals surface area contributed by atoms with E-state index in [1.54, 1.807) is 48.9 Å². The van der Waals surface area contributed by atoms with Gasteiger partial charge in [-0.15, -0.1) is 0 Å². The summed E-state index contributed by atoms with van der Waals surface area (Å²) in [7, 11) is 0. The van der Waals surface area contributed by atoms with Gasteiger partial charge in [-0.1, -0.05) is 12.1 Å². The summed E-state index contributed by atoms with van der Waals surface area (Å²) in [6, 6.07) is 8.76. The van der Waals surface area contributed by atoms with Crippen LogP contribution in [-0.4, -0.2) is 25.8 Å². The van der Waals surface area contributed by atoms with Gasteiger partial charge in [0.05, 0.1) is 29.8 Å². The number of anilines is 1. The highest BCUT2D eigenvalue weighted by Gasteiger charge is 2.05. The van der Waals surface area contributed by atoms with Gasteiger partial charge in [0.25, 0.3) is 0 Å². The van der Waals surface area contributed by atoms with Gasteiger partial charge in [0, 0.05) is 23.5 Å². The zero-order valence-electron chi connectivity index (χ0n) is 13.1. The van der Waals surface area contributed by atoms with Crippen molar-refractivity contribution in [2.24, 2.45) is 5.73 Å². The molecular formula is C17H16N6O. The standard InChI is InChI=1S/C17H16N6O/c1-11-8-21-14(9-20-11)10-22-17-19-7-6-15(23-17)12-2-4-13(5-3-12)16(18)24/h2-9H,10H2,1H3,(H2,18,24)(H,19,22,23). The van der Waals surface area contributed by atoms with Crippen LogP contribution in [0.3, 0.4) is 0 Å². The second-order valence-electron chi connectivity index (χ2n) is 5.21. The molecule has 0 saturated carbocycles. The lowest BCUT2D eigenvalue weighted by Crippen LogP contribution is -2.10. The molecule has 0 fully saturated rings. The van der Waals surface area contributed by atoms with E-state index in [2.05, 4.69) is 25.3 Å². The maximum atomic E-state index is 11.1. The Hall–Kier alpha value is -3.35. The van der Waals surface area contributed by atoms with Gasteiger partial charge >= 0.3 is 0 Å². The molecule has 3 rings (SSSR count). The molecule has 2 aromatic heterocycles. The molecule has 0 atom stereocenters. The number of carbonyl (C=O) groups excluding carboxylic acids is 1. The van der Waals surface area contributed by atoms with Gasteiger partial charge in [0.1, 0.15) is 0 Å². The second-order valence-corrected chi connectivity index (χ2v) is 5.21. The Morgan fingerprint density at radius 2 is 1.88 bits per heavy atom. The molecule has 0 radical (unpaired) electrons. The lowest BCUT2D eigenvalue weighted by Gasteiger charge is -2.07. The number of hydrogen-bond donors (Lipinski definition) is 2. The molecule has 0 unspecified atom stereocenters. The lowest BCUT2D eigenvalue weighted by atomic mass is 10.1. The second kappa shape index (κ2) is 6.82. The van der Waals surface area contributed by atoms with E-state index in [0.717, 1.165) is 22.6 Å². The number of aryl methyl sites for hydroxylation is 1. The van der Waals surface area contributed by atoms with Gasteiger partial charge in [-0.05, 0) is 25.1 Å². The molecule has 1 aromatic carbocycles. The first-order valence-electron chi connectivity index (χ1n) is 7.36. The fraction of sp³-hybridized carbons (Fsp3) is 0.118. The number of carbonyl (C=O) groups is 1. The monoisotopic (exact) mass is 320 g/mol. The van der Waals surface area contributed by atoms with Gasteiger partial charge in [-0.3, -0.25) is 14.8 Å². The third-order valence-electron chi connectivity index (χ3n) is 3.38. The van der Waals surface area contributed by atoms with Crippen molar-refractivity contribution in [2.75, 3.05) is 5.32 Å². The zero-order chi connectivity index (χ0) is 16.9. The van der Waals surface area contributed by atoms with Crippen molar-refractivity contribution in [1.29, 1.82) is 0 Å². The molecule has 3 aromatic rings. The molecule has 2 heterocycles. The first-order chi connectivity index (χ1) is 11.6. The third-order valence-corrected chi connectivity index (χ3v) is 3.38. The van der Waals surface area contributed by atoms with Crippen molar-refractivity contribution in [1.82, 2.24) is 19.9 Å². The average Bonchev–Trinajstić information content (AvgIpc) is 2.61. The quantitative estimate of drug-likeness (QED) is 0.744. The average molecular weight is 320 g/mol. The van der Waals surface area contributed by atoms with Crippen LogP contribution in [0.5, 0.6) is 0 Å². The Labute approximate surface area is 139 Å². The first-order valence-corrected chi connectivity index (χ1v) is 7.36.